The van der Waals surface area contributed by atoms with E-state index in [1.807, 2.05) is 4.90 Å². The zero-order chi connectivity index (χ0) is 13.1. The van der Waals surface area contributed by atoms with Crippen LogP contribution in [0.5, 0.6) is 0 Å². The topological polar surface area (TPSA) is 47.6 Å². The van der Waals surface area contributed by atoms with Gasteiger partial charge in [-0.3, -0.25) is 0 Å². The van der Waals surface area contributed by atoms with Crippen LogP contribution in [-0.4, -0.2) is 67.7 Å². The summed E-state index contributed by atoms with van der Waals surface area (Å²) in [5.74, 6) is 0.752. The van der Waals surface area contributed by atoms with Crippen molar-refractivity contribution in [1.82, 2.24) is 20.4 Å². The maximum atomic E-state index is 11.9. The molecule has 3 rings (SSSR count). The molecule has 19 heavy (non-hydrogen) atoms. The third-order valence-corrected chi connectivity index (χ3v) is 4.84. The van der Waals surface area contributed by atoms with Gasteiger partial charge in [-0.25, -0.2) is 4.79 Å². The van der Waals surface area contributed by atoms with Crippen LogP contribution >= 0.6 is 0 Å². The van der Waals surface area contributed by atoms with Gasteiger partial charge in [0, 0.05) is 39.3 Å². The quantitative estimate of drug-likeness (QED) is 0.761. The van der Waals surface area contributed by atoms with Crippen LogP contribution in [0.15, 0.2) is 0 Å². The van der Waals surface area contributed by atoms with E-state index in [-0.39, 0.29) is 6.03 Å². The molecule has 3 fully saturated rings. The first kappa shape index (κ1) is 13.2. The van der Waals surface area contributed by atoms with Crippen molar-refractivity contribution in [2.24, 2.45) is 5.92 Å². The highest BCUT2D eigenvalue weighted by molar-refractivity contribution is 5.76. The third-order valence-electron chi connectivity index (χ3n) is 4.84. The highest BCUT2D eigenvalue weighted by Gasteiger charge is 2.36. The van der Waals surface area contributed by atoms with Crippen molar-refractivity contribution in [1.29, 1.82) is 0 Å². The Morgan fingerprint density at radius 2 is 1.95 bits per heavy atom. The molecule has 0 radical (unpaired) electrons. The lowest BCUT2D eigenvalue weighted by atomic mass is 9.80. The summed E-state index contributed by atoms with van der Waals surface area (Å²) in [6.07, 6.45) is 5.06. The van der Waals surface area contributed by atoms with E-state index in [0.29, 0.717) is 6.04 Å². The van der Waals surface area contributed by atoms with Crippen molar-refractivity contribution in [3.63, 3.8) is 0 Å². The van der Waals surface area contributed by atoms with Crippen LogP contribution < -0.4 is 10.6 Å². The third kappa shape index (κ3) is 3.20. The fraction of sp³-hybridized carbons (Fsp3) is 0.929. The van der Waals surface area contributed by atoms with Gasteiger partial charge in [-0.15, -0.1) is 0 Å². The Morgan fingerprint density at radius 1 is 1.16 bits per heavy atom. The molecule has 0 spiro atoms. The smallest absolute Gasteiger partial charge is 0.317 e. The second-order valence-corrected chi connectivity index (χ2v) is 6.14. The monoisotopic (exact) mass is 266 g/mol. The largest absolute Gasteiger partial charge is 0.333 e. The van der Waals surface area contributed by atoms with E-state index in [1.54, 1.807) is 0 Å². The SMILES string of the molecule is O=C1NC(C2CCC2)CN1CCCN1CCNCC1. The fourth-order valence-electron chi connectivity index (χ4n) is 3.34. The maximum Gasteiger partial charge on any atom is 0.317 e. The Bertz CT molecular complexity index is 313. The first-order chi connectivity index (χ1) is 9.33. The summed E-state index contributed by atoms with van der Waals surface area (Å²) in [6.45, 7) is 7.49. The number of carbonyl (C=O) groups excluding carboxylic acids is 1. The molecule has 0 bridgehead atoms. The van der Waals surface area contributed by atoms with Gasteiger partial charge in [-0.1, -0.05) is 6.42 Å². The van der Waals surface area contributed by atoms with Crippen LogP contribution in [0.25, 0.3) is 0 Å². The summed E-state index contributed by atoms with van der Waals surface area (Å²) in [7, 11) is 0. The van der Waals surface area contributed by atoms with Gasteiger partial charge in [-0.2, -0.15) is 0 Å². The number of hydrogen-bond acceptors (Lipinski definition) is 3. The van der Waals surface area contributed by atoms with Crippen molar-refractivity contribution in [3.05, 3.63) is 0 Å². The summed E-state index contributed by atoms with van der Waals surface area (Å²) in [5.41, 5.74) is 0. The van der Waals surface area contributed by atoms with Gasteiger partial charge < -0.3 is 20.4 Å². The molecule has 0 aromatic heterocycles. The minimum atomic E-state index is 0.164. The van der Waals surface area contributed by atoms with E-state index < -0.39 is 0 Å². The van der Waals surface area contributed by atoms with Crippen LogP contribution in [0.1, 0.15) is 25.7 Å². The average molecular weight is 266 g/mol. The standard InChI is InChI=1S/C14H26N4O/c19-14-16-13(12-3-1-4-12)11-18(14)8-2-7-17-9-5-15-6-10-17/h12-13,15H,1-11H2,(H,16,19). The van der Waals surface area contributed by atoms with Crippen molar-refractivity contribution in [2.75, 3.05) is 45.8 Å². The number of nitrogens with zero attached hydrogens (tertiary/aromatic N) is 2. The molecule has 2 aliphatic heterocycles. The molecule has 2 amide bonds. The molecular formula is C14H26N4O. The van der Waals surface area contributed by atoms with Crippen LogP contribution in [0.4, 0.5) is 4.79 Å². The molecule has 2 N–H and O–H groups in total. The molecular weight excluding hydrogens is 240 g/mol. The Kier molecular flexibility index (Phi) is 4.23. The highest BCUT2D eigenvalue weighted by atomic mass is 16.2. The lowest BCUT2D eigenvalue weighted by molar-refractivity contribution is 0.203. The van der Waals surface area contributed by atoms with Gasteiger partial charge in [0.1, 0.15) is 0 Å². The second kappa shape index (κ2) is 6.09. The number of urea groups is 1. The van der Waals surface area contributed by atoms with Crippen molar-refractivity contribution in [2.45, 2.75) is 31.7 Å². The van der Waals surface area contributed by atoms with Gasteiger partial charge in [0.05, 0.1) is 6.04 Å². The molecule has 1 unspecified atom stereocenters. The Hall–Kier alpha value is -0.810. The van der Waals surface area contributed by atoms with Crippen LogP contribution in [0.2, 0.25) is 0 Å². The Morgan fingerprint density at radius 3 is 2.63 bits per heavy atom. The van der Waals surface area contributed by atoms with E-state index in [2.05, 4.69) is 15.5 Å². The molecule has 1 atom stereocenters. The lowest BCUT2D eigenvalue weighted by Crippen LogP contribution is -2.44. The molecule has 3 aliphatic rings. The molecule has 5 heteroatoms. The van der Waals surface area contributed by atoms with Crippen molar-refractivity contribution >= 4 is 6.03 Å². The van der Waals surface area contributed by atoms with Crippen molar-refractivity contribution < 1.29 is 4.79 Å². The van der Waals surface area contributed by atoms with Crippen LogP contribution in [-0.2, 0) is 0 Å². The number of piperazine rings is 1. The molecule has 108 valence electrons. The highest BCUT2D eigenvalue weighted by Crippen LogP contribution is 2.31. The first-order valence-electron chi connectivity index (χ1n) is 7.81. The van der Waals surface area contributed by atoms with Gasteiger partial charge in [0.2, 0.25) is 0 Å². The number of amides is 2. The summed E-state index contributed by atoms with van der Waals surface area (Å²) in [5, 5.41) is 6.53. The zero-order valence-corrected chi connectivity index (χ0v) is 11.7. The number of hydrogen-bond donors (Lipinski definition) is 2. The number of rotatable bonds is 5. The molecule has 2 heterocycles. The zero-order valence-electron chi connectivity index (χ0n) is 11.7. The fourth-order valence-corrected chi connectivity index (χ4v) is 3.34. The van der Waals surface area contributed by atoms with E-state index in [0.717, 1.165) is 58.2 Å². The lowest BCUT2D eigenvalue weighted by Gasteiger charge is -2.30. The van der Waals surface area contributed by atoms with Gasteiger partial charge >= 0.3 is 6.03 Å². The van der Waals surface area contributed by atoms with Gasteiger partial charge in [-0.05, 0) is 31.7 Å². The predicted octanol–water partition coefficient (Wildman–Crippen LogP) is 0.476. The normalized spacial score (nSPS) is 29.4. The molecule has 0 aromatic carbocycles. The maximum absolute atomic E-state index is 11.9. The minimum absolute atomic E-state index is 0.164. The molecule has 0 aromatic rings. The van der Waals surface area contributed by atoms with E-state index in [4.69, 9.17) is 0 Å². The predicted molar refractivity (Wildman–Crippen MR) is 75.2 cm³/mol. The van der Waals surface area contributed by atoms with Crippen LogP contribution in [0.3, 0.4) is 0 Å². The van der Waals surface area contributed by atoms with E-state index >= 15 is 0 Å². The molecule has 1 saturated carbocycles. The molecule has 2 saturated heterocycles. The minimum Gasteiger partial charge on any atom is -0.333 e. The van der Waals surface area contributed by atoms with Gasteiger partial charge in [0.25, 0.3) is 0 Å². The first-order valence-corrected chi connectivity index (χ1v) is 7.81. The summed E-state index contributed by atoms with van der Waals surface area (Å²) in [6, 6.07) is 0.595. The summed E-state index contributed by atoms with van der Waals surface area (Å²) < 4.78 is 0. The van der Waals surface area contributed by atoms with E-state index in [9.17, 15) is 4.79 Å². The van der Waals surface area contributed by atoms with Gasteiger partial charge in [0.15, 0.2) is 0 Å². The van der Waals surface area contributed by atoms with E-state index in [1.165, 1.54) is 19.3 Å². The summed E-state index contributed by atoms with van der Waals surface area (Å²) >= 11 is 0. The number of carbonyl (C=O) groups is 1. The Balaban J connectivity index is 1.36. The second-order valence-electron chi connectivity index (χ2n) is 6.14. The van der Waals surface area contributed by atoms with Crippen molar-refractivity contribution in [3.8, 4) is 0 Å². The number of nitrogens with one attached hydrogen (secondary N) is 2. The average Bonchev–Trinajstić information content (AvgIpc) is 2.70. The van der Waals surface area contributed by atoms with Crippen LogP contribution in [0, 0.1) is 5.92 Å². The summed E-state index contributed by atoms with van der Waals surface area (Å²) in [4.78, 5) is 16.4. The Labute approximate surface area is 115 Å². The molecule has 1 aliphatic carbocycles. The molecule has 5 nitrogen and oxygen atoms in total.